The van der Waals surface area contributed by atoms with Crippen molar-refractivity contribution in [3.05, 3.63) is 37.1 Å². The molecule has 5 nitrogen and oxygen atoms in total. The zero-order valence-electron chi connectivity index (χ0n) is 10.1. The highest BCUT2D eigenvalue weighted by atomic mass is 15.2. The van der Waals surface area contributed by atoms with Gasteiger partial charge >= 0.3 is 0 Å². The number of anilines is 1. The van der Waals surface area contributed by atoms with Gasteiger partial charge in [0.1, 0.15) is 12.1 Å². The number of hydrogen-bond donors (Lipinski definition) is 1. The standard InChI is InChI=1S/C13H15N5/c1-2-13(18-5-3-14-4-6-18)17-9-11(1)12-7-15-10-16-8-12/h1-2,7-10,14H,3-6H2. The summed E-state index contributed by atoms with van der Waals surface area (Å²) in [5.74, 6) is 1.04. The van der Waals surface area contributed by atoms with Gasteiger partial charge < -0.3 is 10.2 Å². The third-order valence-corrected chi connectivity index (χ3v) is 3.08. The number of nitrogens with zero attached hydrogens (tertiary/aromatic N) is 4. The summed E-state index contributed by atoms with van der Waals surface area (Å²) in [5, 5.41) is 3.34. The molecular formula is C13H15N5. The predicted octanol–water partition coefficient (Wildman–Crippen LogP) is 0.948. The summed E-state index contributed by atoms with van der Waals surface area (Å²) in [6.45, 7) is 4.08. The first-order valence-corrected chi connectivity index (χ1v) is 6.10. The van der Waals surface area contributed by atoms with E-state index < -0.39 is 0 Å². The Kier molecular flexibility index (Phi) is 3.14. The Morgan fingerprint density at radius 3 is 2.39 bits per heavy atom. The van der Waals surface area contributed by atoms with Gasteiger partial charge in [-0.2, -0.15) is 0 Å². The highest BCUT2D eigenvalue weighted by molar-refractivity contribution is 5.61. The molecular weight excluding hydrogens is 226 g/mol. The molecule has 1 aliphatic heterocycles. The van der Waals surface area contributed by atoms with Crippen molar-refractivity contribution in [2.24, 2.45) is 0 Å². The summed E-state index contributed by atoms with van der Waals surface area (Å²) in [6.07, 6.45) is 7.02. The van der Waals surface area contributed by atoms with E-state index in [-0.39, 0.29) is 0 Å². The van der Waals surface area contributed by atoms with E-state index in [2.05, 4.69) is 37.3 Å². The Morgan fingerprint density at radius 1 is 0.944 bits per heavy atom. The van der Waals surface area contributed by atoms with E-state index in [1.54, 1.807) is 12.4 Å². The van der Waals surface area contributed by atoms with E-state index in [0.717, 1.165) is 43.1 Å². The molecule has 0 saturated carbocycles. The number of piperazine rings is 1. The fourth-order valence-corrected chi connectivity index (χ4v) is 2.09. The number of rotatable bonds is 2. The quantitative estimate of drug-likeness (QED) is 0.848. The number of aromatic nitrogens is 3. The molecule has 0 aromatic carbocycles. The monoisotopic (exact) mass is 241 g/mol. The molecule has 18 heavy (non-hydrogen) atoms. The van der Waals surface area contributed by atoms with Crippen molar-refractivity contribution < 1.29 is 0 Å². The van der Waals surface area contributed by atoms with Crippen molar-refractivity contribution in [3.63, 3.8) is 0 Å². The average molecular weight is 241 g/mol. The molecule has 1 fully saturated rings. The molecule has 1 aliphatic rings. The van der Waals surface area contributed by atoms with Crippen LogP contribution in [0.25, 0.3) is 11.1 Å². The third kappa shape index (κ3) is 2.31. The van der Waals surface area contributed by atoms with E-state index in [1.807, 2.05) is 6.20 Å². The highest BCUT2D eigenvalue weighted by Gasteiger charge is 2.11. The molecule has 0 unspecified atom stereocenters. The van der Waals surface area contributed by atoms with E-state index in [1.165, 1.54) is 6.33 Å². The lowest BCUT2D eigenvalue weighted by Crippen LogP contribution is -2.43. The second-order valence-corrected chi connectivity index (χ2v) is 4.27. The van der Waals surface area contributed by atoms with Gasteiger partial charge in [-0.3, -0.25) is 0 Å². The van der Waals surface area contributed by atoms with Crippen molar-refractivity contribution in [1.29, 1.82) is 0 Å². The van der Waals surface area contributed by atoms with Gasteiger partial charge in [-0.25, -0.2) is 15.0 Å². The Hall–Kier alpha value is -2.01. The van der Waals surface area contributed by atoms with Gasteiger partial charge in [0.05, 0.1) is 0 Å². The number of pyridine rings is 1. The van der Waals surface area contributed by atoms with Crippen molar-refractivity contribution >= 4 is 5.82 Å². The van der Waals surface area contributed by atoms with Gasteiger partial charge in [0.2, 0.25) is 0 Å². The van der Waals surface area contributed by atoms with Gasteiger partial charge in [-0.1, -0.05) is 0 Å². The lowest BCUT2D eigenvalue weighted by molar-refractivity contribution is 0.585. The first kappa shape index (κ1) is 11.1. The van der Waals surface area contributed by atoms with Crippen LogP contribution in [0.4, 0.5) is 5.82 Å². The molecule has 0 atom stereocenters. The van der Waals surface area contributed by atoms with Crippen molar-refractivity contribution in [3.8, 4) is 11.1 Å². The molecule has 0 bridgehead atoms. The summed E-state index contributed by atoms with van der Waals surface area (Å²) in [7, 11) is 0. The lowest BCUT2D eigenvalue weighted by Gasteiger charge is -2.28. The first-order chi connectivity index (χ1) is 8.93. The third-order valence-electron chi connectivity index (χ3n) is 3.08. The molecule has 0 radical (unpaired) electrons. The summed E-state index contributed by atoms with van der Waals surface area (Å²) in [6, 6.07) is 4.14. The van der Waals surface area contributed by atoms with Crippen LogP contribution in [0, 0.1) is 0 Å². The molecule has 3 rings (SSSR count). The van der Waals surface area contributed by atoms with Crippen LogP contribution in [-0.2, 0) is 0 Å². The molecule has 1 saturated heterocycles. The minimum atomic E-state index is 0.997. The second kappa shape index (κ2) is 5.10. The smallest absolute Gasteiger partial charge is 0.128 e. The van der Waals surface area contributed by atoms with Crippen LogP contribution >= 0.6 is 0 Å². The molecule has 2 aromatic rings. The van der Waals surface area contributed by atoms with Crippen LogP contribution in [0.2, 0.25) is 0 Å². The maximum atomic E-state index is 4.52. The van der Waals surface area contributed by atoms with E-state index >= 15 is 0 Å². The lowest BCUT2D eigenvalue weighted by atomic mass is 10.1. The fourth-order valence-electron chi connectivity index (χ4n) is 2.09. The minimum absolute atomic E-state index is 0.997. The van der Waals surface area contributed by atoms with Gasteiger partial charge in [-0.05, 0) is 12.1 Å². The van der Waals surface area contributed by atoms with Gasteiger partial charge in [0, 0.05) is 55.9 Å². The molecule has 0 spiro atoms. The SMILES string of the molecule is c1ncc(-c2ccc(N3CCNCC3)nc2)cn1. The van der Waals surface area contributed by atoms with Crippen LogP contribution in [0.15, 0.2) is 37.1 Å². The molecule has 5 heteroatoms. The van der Waals surface area contributed by atoms with Crippen LogP contribution in [0.1, 0.15) is 0 Å². The normalized spacial score (nSPS) is 15.7. The van der Waals surface area contributed by atoms with Crippen LogP contribution in [0.5, 0.6) is 0 Å². The maximum Gasteiger partial charge on any atom is 0.128 e. The predicted molar refractivity (Wildman–Crippen MR) is 70.3 cm³/mol. The van der Waals surface area contributed by atoms with E-state index in [4.69, 9.17) is 0 Å². The Morgan fingerprint density at radius 2 is 1.72 bits per heavy atom. The molecule has 0 amide bonds. The van der Waals surface area contributed by atoms with E-state index in [0.29, 0.717) is 0 Å². The largest absolute Gasteiger partial charge is 0.354 e. The molecule has 1 N–H and O–H groups in total. The van der Waals surface area contributed by atoms with Crippen LogP contribution in [0.3, 0.4) is 0 Å². The van der Waals surface area contributed by atoms with Crippen LogP contribution < -0.4 is 10.2 Å². The van der Waals surface area contributed by atoms with Gasteiger partial charge in [0.15, 0.2) is 0 Å². The maximum absolute atomic E-state index is 4.52. The summed E-state index contributed by atoms with van der Waals surface area (Å²) in [4.78, 5) is 14.8. The molecule has 0 aliphatic carbocycles. The Labute approximate surface area is 106 Å². The van der Waals surface area contributed by atoms with Crippen molar-refractivity contribution in [2.45, 2.75) is 0 Å². The summed E-state index contributed by atoms with van der Waals surface area (Å²) < 4.78 is 0. The Bertz CT molecular complexity index is 491. The highest BCUT2D eigenvalue weighted by Crippen LogP contribution is 2.19. The first-order valence-electron chi connectivity index (χ1n) is 6.10. The summed E-state index contributed by atoms with van der Waals surface area (Å²) in [5.41, 5.74) is 2.05. The summed E-state index contributed by atoms with van der Waals surface area (Å²) >= 11 is 0. The number of nitrogens with one attached hydrogen (secondary N) is 1. The molecule has 3 heterocycles. The fraction of sp³-hybridized carbons (Fsp3) is 0.308. The topological polar surface area (TPSA) is 53.9 Å². The van der Waals surface area contributed by atoms with Crippen molar-refractivity contribution in [1.82, 2.24) is 20.3 Å². The number of hydrogen-bond acceptors (Lipinski definition) is 5. The van der Waals surface area contributed by atoms with E-state index in [9.17, 15) is 0 Å². The zero-order chi connectivity index (χ0) is 12.2. The average Bonchev–Trinajstić information content (AvgIpc) is 2.49. The second-order valence-electron chi connectivity index (χ2n) is 4.27. The van der Waals surface area contributed by atoms with Crippen LogP contribution in [-0.4, -0.2) is 41.1 Å². The van der Waals surface area contributed by atoms with Gasteiger partial charge in [0.25, 0.3) is 0 Å². The zero-order valence-corrected chi connectivity index (χ0v) is 10.1. The molecule has 92 valence electrons. The molecule has 2 aromatic heterocycles. The Balaban J connectivity index is 1.80. The minimum Gasteiger partial charge on any atom is -0.354 e. The van der Waals surface area contributed by atoms with Gasteiger partial charge in [-0.15, -0.1) is 0 Å². The van der Waals surface area contributed by atoms with Crippen molar-refractivity contribution in [2.75, 3.05) is 31.1 Å².